The SMILES string of the molecule is Cc1nc(C)c(C(N)c2ccc3cccnc3c2)s1. The number of hydrogen-bond acceptors (Lipinski definition) is 4. The Balaban J connectivity index is 2.06. The van der Waals surface area contributed by atoms with E-state index in [-0.39, 0.29) is 6.04 Å². The van der Waals surface area contributed by atoms with Gasteiger partial charge in [-0.2, -0.15) is 0 Å². The maximum atomic E-state index is 6.36. The molecule has 4 heteroatoms. The molecule has 1 unspecified atom stereocenters. The molecule has 3 nitrogen and oxygen atoms in total. The third-order valence-electron chi connectivity index (χ3n) is 3.21. The molecule has 0 aliphatic rings. The number of rotatable bonds is 2. The molecule has 0 fully saturated rings. The summed E-state index contributed by atoms with van der Waals surface area (Å²) in [4.78, 5) is 9.95. The molecular weight excluding hydrogens is 254 g/mol. The summed E-state index contributed by atoms with van der Waals surface area (Å²) in [5, 5.41) is 2.19. The van der Waals surface area contributed by atoms with E-state index in [1.54, 1.807) is 17.5 Å². The number of benzene rings is 1. The number of nitrogens with zero attached hydrogens (tertiary/aromatic N) is 2. The summed E-state index contributed by atoms with van der Waals surface area (Å²) in [5.41, 5.74) is 9.45. The largest absolute Gasteiger partial charge is 0.320 e. The van der Waals surface area contributed by atoms with Crippen LogP contribution in [0.2, 0.25) is 0 Å². The minimum Gasteiger partial charge on any atom is -0.320 e. The first-order valence-corrected chi connectivity index (χ1v) is 7.01. The van der Waals surface area contributed by atoms with E-state index in [1.807, 2.05) is 19.9 Å². The van der Waals surface area contributed by atoms with Crippen molar-refractivity contribution in [2.75, 3.05) is 0 Å². The summed E-state index contributed by atoms with van der Waals surface area (Å²) in [5.74, 6) is 0. The van der Waals surface area contributed by atoms with Crippen LogP contribution in [0.5, 0.6) is 0 Å². The van der Waals surface area contributed by atoms with E-state index >= 15 is 0 Å². The molecule has 0 radical (unpaired) electrons. The Morgan fingerprint density at radius 1 is 1.21 bits per heavy atom. The second-order valence-electron chi connectivity index (χ2n) is 4.62. The summed E-state index contributed by atoms with van der Waals surface area (Å²) >= 11 is 1.67. The van der Waals surface area contributed by atoms with Crippen molar-refractivity contribution >= 4 is 22.2 Å². The summed E-state index contributed by atoms with van der Waals surface area (Å²) in [6.45, 7) is 4.02. The fraction of sp³-hybridized carbons (Fsp3) is 0.200. The molecule has 2 aromatic heterocycles. The molecule has 0 saturated carbocycles. The van der Waals surface area contributed by atoms with Crippen LogP contribution < -0.4 is 5.73 Å². The third kappa shape index (κ3) is 2.25. The molecule has 0 amide bonds. The maximum Gasteiger partial charge on any atom is 0.0900 e. The molecule has 0 aliphatic heterocycles. The monoisotopic (exact) mass is 269 g/mol. The smallest absolute Gasteiger partial charge is 0.0900 e. The van der Waals surface area contributed by atoms with Gasteiger partial charge in [-0.25, -0.2) is 4.98 Å². The van der Waals surface area contributed by atoms with Crippen molar-refractivity contribution < 1.29 is 0 Å². The molecule has 2 N–H and O–H groups in total. The van der Waals surface area contributed by atoms with Gasteiger partial charge >= 0.3 is 0 Å². The first-order chi connectivity index (χ1) is 9.15. The van der Waals surface area contributed by atoms with E-state index in [9.17, 15) is 0 Å². The molecule has 3 rings (SSSR count). The summed E-state index contributed by atoms with van der Waals surface area (Å²) in [6, 6.07) is 10.1. The highest BCUT2D eigenvalue weighted by molar-refractivity contribution is 7.11. The minimum absolute atomic E-state index is 0.127. The molecule has 1 aromatic carbocycles. The average molecular weight is 269 g/mol. The number of aromatic nitrogens is 2. The second kappa shape index (κ2) is 4.72. The van der Waals surface area contributed by atoms with Crippen LogP contribution in [-0.4, -0.2) is 9.97 Å². The molecule has 1 atom stereocenters. The molecule has 96 valence electrons. The molecule has 0 spiro atoms. The van der Waals surface area contributed by atoms with Crippen LogP contribution in [-0.2, 0) is 0 Å². The van der Waals surface area contributed by atoms with Gasteiger partial charge in [0.2, 0.25) is 0 Å². The van der Waals surface area contributed by atoms with Crippen LogP contribution >= 0.6 is 11.3 Å². The molecule has 3 aromatic rings. The lowest BCUT2D eigenvalue weighted by atomic mass is 10.0. The van der Waals surface area contributed by atoms with Gasteiger partial charge in [-0.15, -0.1) is 11.3 Å². The molecule has 2 heterocycles. The number of fused-ring (bicyclic) bond motifs is 1. The Labute approximate surface area is 116 Å². The first kappa shape index (κ1) is 12.3. The van der Waals surface area contributed by atoms with Crippen LogP contribution in [0.25, 0.3) is 10.9 Å². The van der Waals surface area contributed by atoms with Crippen LogP contribution in [0.4, 0.5) is 0 Å². The number of nitrogens with two attached hydrogens (primary N) is 1. The van der Waals surface area contributed by atoms with Crippen molar-refractivity contribution in [3.8, 4) is 0 Å². The highest BCUT2D eigenvalue weighted by Gasteiger charge is 2.15. The normalized spacial score (nSPS) is 12.8. The topological polar surface area (TPSA) is 51.8 Å². The summed E-state index contributed by atoms with van der Waals surface area (Å²) in [6.07, 6.45) is 1.81. The lowest BCUT2D eigenvalue weighted by molar-refractivity contribution is 0.878. The molecule has 0 bridgehead atoms. The highest BCUT2D eigenvalue weighted by Crippen LogP contribution is 2.29. The van der Waals surface area contributed by atoms with Crippen molar-refractivity contribution in [3.63, 3.8) is 0 Å². The number of pyridine rings is 1. The molecule has 0 saturated heterocycles. The average Bonchev–Trinajstić information content (AvgIpc) is 2.76. The van der Waals surface area contributed by atoms with Gasteiger partial charge < -0.3 is 5.73 Å². The Bertz CT molecular complexity index is 733. The minimum atomic E-state index is -0.127. The lowest BCUT2D eigenvalue weighted by Gasteiger charge is -2.11. The number of thiazole rings is 1. The zero-order valence-electron chi connectivity index (χ0n) is 10.9. The van der Waals surface area contributed by atoms with Crippen LogP contribution in [0.15, 0.2) is 36.5 Å². The fourth-order valence-corrected chi connectivity index (χ4v) is 3.22. The van der Waals surface area contributed by atoms with Crippen LogP contribution in [0, 0.1) is 13.8 Å². The zero-order valence-corrected chi connectivity index (χ0v) is 11.7. The van der Waals surface area contributed by atoms with Crippen molar-refractivity contribution in [3.05, 3.63) is 57.7 Å². The third-order valence-corrected chi connectivity index (χ3v) is 4.37. The Morgan fingerprint density at radius 3 is 2.79 bits per heavy atom. The second-order valence-corrected chi connectivity index (χ2v) is 5.85. The predicted octanol–water partition coefficient (Wildman–Crippen LogP) is 3.36. The number of hydrogen-bond donors (Lipinski definition) is 1. The molecular formula is C15H15N3S. The summed E-state index contributed by atoms with van der Waals surface area (Å²) < 4.78 is 0. The van der Waals surface area contributed by atoms with Gasteiger partial charge in [-0.05, 0) is 31.5 Å². The van der Waals surface area contributed by atoms with E-state index in [0.717, 1.165) is 32.0 Å². The Hall–Kier alpha value is -1.78. The van der Waals surface area contributed by atoms with E-state index in [0.29, 0.717) is 0 Å². The van der Waals surface area contributed by atoms with Crippen molar-refractivity contribution in [2.24, 2.45) is 5.73 Å². The van der Waals surface area contributed by atoms with Crippen LogP contribution in [0.3, 0.4) is 0 Å². The first-order valence-electron chi connectivity index (χ1n) is 6.19. The van der Waals surface area contributed by atoms with Crippen molar-refractivity contribution in [2.45, 2.75) is 19.9 Å². The lowest BCUT2D eigenvalue weighted by Crippen LogP contribution is -2.11. The van der Waals surface area contributed by atoms with Crippen molar-refractivity contribution in [1.29, 1.82) is 0 Å². The Kier molecular flexibility index (Phi) is 3.05. The van der Waals surface area contributed by atoms with Gasteiger partial charge in [0.15, 0.2) is 0 Å². The predicted molar refractivity (Wildman–Crippen MR) is 79.4 cm³/mol. The molecule has 0 aliphatic carbocycles. The fourth-order valence-electron chi connectivity index (χ4n) is 2.26. The summed E-state index contributed by atoms with van der Waals surface area (Å²) in [7, 11) is 0. The van der Waals surface area contributed by atoms with Gasteiger partial charge in [-0.1, -0.05) is 18.2 Å². The van der Waals surface area contributed by atoms with E-state index in [4.69, 9.17) is 5.73 Å². The van der Waals surface area contributed by atoms with Gasteiger partial charge in [0, 0.05) is 16.5 Å². The maximum absolute atomic E-state index is 6.36. The van der Waals surface area contributed by atoms with Crippen LogP contribution in [0.1, 0.15) is 27.2 Å². The zero-order chi connectivity index (χ0) is 13.4. The van der Waals surface area contributed by atoms with E-state index < -0.39 is 0 Å². The quantitative estimate of drug-likeness (QED) is 0.776. The van der Waals surface area contributed by atoms with Gasteiger partial charge in [-0.3, -0.25) is 4.98 Å². The van der Waals surface area contributed by atoms with E-state index in [2.05, 4.69) is 34.2 Å². The van der Waals surface area contributed by atoms with Gasteiger partial charge in [0.05, 0.1) is 22.3 Å². The van der Waals surface area contributed by atoms with E-state index in [1.165, 1.54) is 0 Å². The Morgan fingerprint density at radius 2 is 2.05 bits per heavy atom. The van der Waals surface area contributed by atoms with Gasteiger partial charge in [0.25, 0.3) is 0 Å². The highest BCUT2D eigenvalue weighted by atomic mass is 32.1. The van der Waals surface area contributed by atoms with Gasteiger partial charge in [0.1, 0.15) is 0 Å². The molecule has 19 heavy (non-hydrogen) atoms. The number of aryl methyl sites for hydroxylation is 2. The van der Waals surface area contributed by atoms with Crippen molar-refractivity contribution in [1.82, 2.24) is 9.97 Å². The standard InChI is InChI=1S/C15H15N3S/c1-9-15(19-10(2)18-9)14(16)12-6-5-11-4-3-7-17-13(11)8-12/h3-8,14H,16H2,1-2H3.